The first-order valence-electron chi connectivity index (χ1n) is 4.86. The van der Waals surface area contributed by atoms with Crippen molar-refractivity contribution in [1.82, 2.24) is 5.32 Å². The lowest BCUT2D eigenvalue weighted by Crippen LogP contribution is -2.30. The number of benzene rings is 1. The summed E-state index contributed by atoms with van der Waals surface area (Å²) in [5, 5.41) is 12.4. The molecule has 0 aromatic heterocycles. The molecule has 0 amide bonds. The first kappa shape index (κ1) is 12.4. The summed E-state index contributed by atoms with van der Waals surface area (Å²) in [5.74, 6) is -0.443. The van der Waals surface area contributed by atoms with Gasteiger partial charge in [-0.1, -0.05) is 31.5 Å². The summed E-state index contributed by atoms with van der Waals surface area (Å²) in [6.07, 6.45) is 0. The molecule has 1 rings (SSSR count). The molecule has 15 heavy (non-hydrogen) atoms. The van der Waals surface area contributed by atoms with Crippen LogP contribution in [0.2, 0.25) is 5.02 Å². The summed E-state index contributed by atoms with van der Waals surface area (Å²) in [4.78, 5) is 0. The molecular weight excluding hydrogens is 217 g/mol. The van der Waals surface area contributed by atoms with Gasteiger partial charge in [0.1, 0.15) is 5.82 Å². The minimum Gasteiger partial charge on any atom is -0.394 e. The zero-order valence-electron chi connectivity index (χ0n) is 8.80. The number of aliphatic hydroxyl groups is 1. The topological polar surface area (TPSA) is 32.3 Å². The van der Waals surface area contributed by atoms with Gasteiger partial charge in [-0.25, -0.2) is 4.39 Å². The average Bonchev–Trinajstić information content (AvgIpc) is 2.18. The fourth-order valence-electron chi connectivity index (χ4n) is 1.39. The monoisotopic (exact) mass is 231 g/mol. The van der Waals surface area contributed by atoms with Crippen molar-refractivity contribution >= 4 is 11.6 Å². The van der Waals surface area contributed by atoms with E-state index in [1.807, 2.05) is 13.8 Å². The van der Waals surface area contributed by atoms with Gasteiger partial charge in [-0.15, -0.1) is 0 Å². The van der Waals surface area contributed by atoms with E-state index in [0.29, 0.717) is 0 Å². The molecule has 0 aliphatic rings. The van der Waals surface area contributed by atoms with E-state index in [1.54, 1.807) is 6.07 Å². The second-order valence-corrected chi connectivity index (χ2v) is 4.14. The fourth-order valence-corrected chi connectivity index (χ4v) is 1.57. The molecule has 0 saturated carbocycles. The molecule has 1 aromatic carbocycles. The van der Waals surface area contributed by atoms with Crippen molar-refractivity contribution in [3.05, 3.63) is 34.6 Å². The van der Waals surface area contributed by atoms with Gasteiger partial charge < -0.3 is 10.4 Å². The summed E-state index contributed by atoms with van der Waals surface area (Å²) < 4.78 is 12.9. The predicted octanol–water partition coefficient (Wildman–Crippen LogP) is 2.51. The highest BCUT2D eigenvalue weighted by molar-refractivity contribution is 6.30. The van der Waals surface area contributed by atoms with Crippen LogP contribution in [0, 0.1) is 5.82 Å². The quantitative estimate of drug-likeness (QED) is 0.835. The lowest BCUT2D eigenvalue weighted by Gasteiger charge is -2.19. The number of nitrogens with one attached hydrogen (secondary N) is 1. The van der Waals surface area contributed by atoms with Gasteiger partial charge in [0.25, 0.3) is 0 Å². The molecule has 0 spiro atoms. The van der Waals surface area contributed by atoms with Crippen molar-refractivity contribution in [3.8, 4) is 0 Å². The third-order valence-electron chi connectivity index (χ3n) is 2.06. The summed E-state index contributed by atoms with van der Waals surface area (Å²) >= 11 is 5.67. The first-order valence-corrected chi connectivity index (χ1v) is 5.24. The van der Waals surface area contributed by atoms with Crippen molar-refractivity contribution in [2.24, 2.45) is 0 Å². The molecule has 2 N–H and O–H groups in total. The molecular formula is C11H15ClFNO. The maximum atomic E-state index is 12.9. The molecule has 1 aromatic rings. The second kappa shape index (κ2) is 5.45. The Kier molecular flexibility index (Phi) is 4.51. The lowest BCUT2D eigenvalue weighted by molar-refractivity contribution is 0.237. The molecule has 0 heterocycles. The maximum absolute atomic E-state index is 12.9. The van der Waals surface area contributed by atoms with Crippen molar-refractivity contribution < 1.29 is 9.50 Å². The van der Waals surface area contributed by atoms with Gasteiger partial charge in [-0.3, -0.25) is 0 Å². The Balaban J connectivity index is 2.87. The first-order chi connectivity index (χ1) is 7.04. The van der Waals surface area contributed by atoms with Crippen LogP contribution in [0.25, 0.3) is 0 Å². The highest BCUT2D eigenvalue weighted by Gasteiger charge is 2.12. The SMILES string of the molecule is CC(C)N[C@H](CO)c1ccc(F)c(Cl)c1. The molecule has 1 atom stereocenters. The standard InChI is InChI=1S/C11H15ClFNO/c1-7(2)14-11(6-15)8-3-4-10(13)9(12)5-8/h3-5,7,11,14-15H,6H2,1-2H3/t11-/m1/s1. The molecule has 0 fully saturated rings. The normalized spacial score (nSPS) is 13.2. The van der Waals surface area contributed by atoms with Crippen LogP contribution in [0.3, 0.4) is 0 Å². The highest BCUT2D eigenvalue weighted by atomic mass is 35.5. The molecule has 0 aliphatic carbocycles. The van der Waals surface area contributed by atoms with E-state index in [2.05, 4.69) is 5.32 Å². The molecule has 0 aliphatic heterocycles. The van der Waals surface area contributed by atoms with Gasteiger partial charge in [0, 0.05) is 6.04 Å². The molecule has 4 heteroatoms. The van der Waals surface area contributed by atoms with Crippen LogP contribution < -0.4 is 5.32 Å². The van der Waals surface area contributed by atoms with E-state index in [9.17, 15) is 9.50 Å². The third kappa shape index (κ3) is 3.45. The molecule has 0 bridgehead atoms. The summed E-state index contributed by atoms with van der Waals surface area (Å²) in [5.41, 5.74) is 0.789. The summed E-state index contributed by atoms with van der Waals surface area (Å²) in [6.45, 7) is 3.92. The second-order valence-electron chi connectivity index (χ2n) is 3.73. The van der Waals surface area contributed by atoms with Crippen LogP contribution in [0.15, 0.2) is 18.2 Å². The van der Waals surface area contributed by atoms with Crippen molar-refractivity contribution in [2.75, 3.05) is 6.61 Å². The van der Waals surface area contributed by atoms with Gasteiger partial charge in [0.05, 0.1) is 17.7 Å². The lowest BCUT2D eigenvalue weighted by atomic mass is 10.1. The zero-order chi connectivity index (χ0) is 11.4. The Morgan fingerprint density at radius 1 is 1.47 bits per heavy atom. The van der Waals surface area contributed by atoms with Crippen LogP contribution in [0.4, 0.5) is 4.39 Å². The Labute approximate surface area is 94.1 Å². The molecule has 0 unspecified atom stereocenters. The van der Waals surface area contributed by atoms with Crippen molar-refractivity contribution in [1.29, 1.82) is 0 Å². The summed E-state index contributed by atoms with van der Waals surface area (Å²) in [6, 6.07) is 4.50. The molecule has 0 radical (unpaired) electrons. The molecule has 84 valence electrons. The number of rotatable bonds is 4. The van der Waals surface area contributed by atoms with Crippen LogP contribution in [-0.4, -0.2) is 17.8 Å². The highest BCUT2D eigenvalue weighted by Crippen LogP contribution is 2.21. The molecule has 0 saturated heterocycles. The van der Waals surface area contributed by atoms with E-state index >= 15 is 0 Å². The Morgan fingerprint density at radius 3 is 2.60 bits per heavy atom. The number of hydrogen-bond acceptors (Lipinski definition) is 2. The number of aliphatic hydroxyl groups excluding tert-OH is 1. The van der Waals surface area contributed by atoms with Gasteiger partial charge in [0.15, 0.2) is 0 Å². The minimum absolute atomic E-state index is 0.0415. The third-order valence-corrected chi connectivity index (χ3v) is 2.35. The largest absolute Gasteiger partial charge is 0.394 e. The van der Waals surface area contributed by atoms with Crippen LogP contribution in [-0.2, 0) is 0 Å². The van der Waals surface area contributed by atoms with Crippen LogP contribution in [0.5, 0.6) is 0 Å². The summed E-state index contributed by atoms with van der Waals surface area (Å²) in [7, 11) is 0. The van der Waals surface area contributed by atoms with E-state index in [-0.39, 0.29) is 23.7 Å². The smallest absolute Gasteiger partial charge is 0.141 e. The van der Waals surface area contributed by atoms with E-state index in [4.69, 9.17) is 11.6 Å². The van der Waals surface area contributed by atoms with E-state index < -0.39 is 5.82 Å². The molecule has 2 nitrogen and oxygen atoms in total. The Hall–Kier alpha value is -0.640. The number of hydrogen-bond donors (Lipinski definition) is 2. The predicted molar refractivity (Wildman–Crippen MR) is 59.5 cm³/mol. The Morgan fingerprint density at radius 2 is 2.13 bits per heavy atom. The van der Waals surface area contributed by atoms with E-state index in [1.165, 1.54) is 12.1 Å². The van der Waals surface area contributed by atoms with Crippen LogP contribution >= 0.6 is 11.6 Å². The van der Waals surface area contributed by atoms with Gasteiger partial charge in [-0.2, -0.15) is 0 Å². The number of halogens is 2. The van der Waals surface area contributed by atoms with Crippen molar-refractivity contribution in [2.45, 2.75) is 25.9 Å². The van der Waals surface area contributed by atoms with Gasteiger partial charge in [-0.05, 0) is 17.7 Å². The zero-order valence-corrected chi connectivity index (χ0v) is 9.55. The van der Waals surface area contributed by atoms with Crippen molar-refractivity contribution in [3.63, 3.8) is 0 Å². The van der Waals surface area contributed by atoms with E-state index in [0.717, 1.165) is 5.56 Å². The maximum Gasteiger partial charge on any atom is 0.141 e. The average molecular weight is 232 g/mol. The van der Waals surface area contributed by atoms with Gasteiger partial charge >= 0.3 is 0 Å². The van der Waals surface area contributed by atoms with Crippen LogP contribution in [0.1, 0.15) is 25.5 Å². The Bertz CT molecular complexity index is 330. The minimum atomic E-state index is -0.443. The fraction of sp³-hybridized carbons (Fsp3) is 0.455. The van der Waals surface area contributed by atoms with Gasteiger partial charge in [0.2, 0.25) is 0 Å².